The van der Waals surface area contributed by atoms with Gasteiger partial charge in [0, 0.05) is 19.8 Å². The van der Waals surface area contributed by atoms with Gasteiger partial charge in [0.25, 0.3) is 0 Å². The van der Waals surface area contributed by atoms with Gasteiger partial charge in [0.2, 0.25) is 11.8 Å². The molecule has 0 bridgehead atoms. The zero-order chi connectivity index (χ0) is 15.6. The van der Waals surface area contributed by atoms with Crippen molar-refractivity contribution >= 4 is 11.8 Å². The second-order valence-electron chi connectivity index (χ2n) is 7.27. The van der Waals surface area contributed by atoms with Crippen LogP contribution in [-0.2, 0) is 14.3 Å². The Labute approximate surface area is 127 Å². The van der Waals surface area contributed by atoms with Gasteiger partial charge in [0.1, 0.15) is 11.6 Å². The molecular formula is C16H28N2O3. The van der Waals surface area contributed by atoms with Gasteiger partial charge in [-0.05, 0) is 44.9 Å². The van der Waals surface area contributed by atoms with Crippen molar-refractivity contribution in [1.82, 2.24) is 10.2 Å². The third-order valence-electron chi connectivity index (χ3n) is 4.40. The molecule has 0 spiro atoms. The zero-order valence-electron chi connectivity index (χ0n) is 13.6. The molecule has 2 fully saturated rings. The van der Waals surface area contributed by atoms with Gasteiger partial charge in [-0.3, -0.25) is 9.59 Å². The Bertz CT molecular complexity index is 400. The number of rotatable bonds is 4. The van der Waals surface area contributed by atoms with Crippen LogP contribution in [0.2, 0.25) is 0 Å². The molecule has 1 unspecified atom stereocenters. The number of carbonyl (C=O) groups excluding carboxylic acids is 2. The largest absolute Gasteiger partial charge is 0.381 e. The van der Waals surface area contributed by atoms with Crippen molar-refractivity contribution in [2.75, 3.05) is 19.8 Å². The molecule has 5 heteroatoms. The molecule has 0 radical (unpaired) electrons. The van der Waals surface area contributed by atoms with Crippen LogP contribution in [0, 0.1) is 11.8 Å². The minimum Gasteiger partial charge on any atom is -0.381 e. The lowest BCUT2D eigenvalue weighted by Gasteiger charge is -2.45. The minimum atomic E-state index is -0.796. The second-order valence-corrected chi connectivity index (χ2v) is 7.27. The van der Waals surface area contributed by atoms with E-state index in [1.54, 1.807) is 13.8 Å². The van der Waals surface area contributed by atoms with E-state index in [2.05, 4.69) is 19.2 Å². The molecule has 1 atom stereocenters. The van der Waals surface area contributed by atoms with Gasteiger partial charge >= 0.3 is 0 Å². The van der Waals surface area contributed by atoms with Crippen molar-refractivity contribution < 1.29 is 14.3 Å². The molecule has 0 aliphatic carbocycles. The van der Waals surface area contributed by atoms with E-state index in [1.165, 1.54) is 0 Å². The van der Waals surface area contributed by atoms with Gasteiger partial charge in [0.15, 0.2) is 0 Å². The first-order valence-corrected chi connectivity index (χ1v) is 8.02. The number of carbonyl (C=O) groups is 2. The Balaban J connectivity index is 2.15. The van der Waals surface area contributed by atoms with Crippen LogP contribution < -0.4 is 5.32 Å². The van der Waals surface area contributed by atoms with Gasteiger partial charge in [-0.2, -0.15) is 0 Å². The Morgan fingerprint density at radius 1 is 1.29 bits per heavy atom. The van der Waals surface area contributed by atoms with Gasteiger partial charge in [0.05, 0.1) is 0 Å². The first-order valence-electron chi connectivity index (χ1n) is 8.02. The fraction of sp³-hybridized carbons (Fsp3) is 0.875. The average Bonchev–Trinajstić information content (AvgIpc) is 2.41. The lowest BCUT2D eigenvalue weighted by atomic mass is 9.90. The first-order chi connectivity index (χ1) is 9.81. The summed E-state index contributed by atoms with van der Waals surface area (Å²) in [6.07, 6.45) is 2.66. The number of piperazine rings is 1. The van der Waals surface area contributed by atoms with E-state index in [4.69, 9.17) is 4.74 Å². The highest BCUT2D eigenvalue weighted by molar-refractivity contribution is 5.99. The van der Waals surface area contributed by atoms with Gasteiger partial charge < -0.3 is 15.0 Å². The van der Waals surface area contributed by atoms with Crippen molar-refractivity contribution in [3.63, 3.8) is 0 Å². The number of nitrogens with one attached hydrogen (secondary N) is 1. The maximum atomic E-state index is 12.7. The van der Waals surface area contributed by atoms with Crippen LogP contribution in [0.1, 0.15) is 47.0 Å². The molecule has 2 aliphatic rings. The van der Waals surface area contributed by atoms with E-state index < -0.39 is 5.54 Å². The highest BCUT2D eigenvalue weighted by Crippen LogP contribution is 2.26. The van der Waals surface area contributed by atoms with Crippen LogP contribution in [0.5, 0.6) is 0 Å². The number of ether oxygens (including phenoxy) is 1. The van der Waals surface area contributed by atoms with Gasteiger partial charge in [-0.1, -0.05) is 13.8 Å². The van der Waals surface area contributed by atoms with Crippen molar-refractivity contribution in [3.05, 3.63) is 0 Å². The standard InChI is InChI=1S/C16H28N2O3/c1-11(2)9-13-14(19)17-16(3,4)15(20)18(13)10-12-5-7-21-8-6-12/h11-13H,5-10H2,1-4H3,(H,17,19). The topological polar surface area (TPSA) is 58.6 Å². The summed E-state index contributed by atoms with van der Waals surface area (Å²) in [5.74, 6) is 0.852. The molecule has 120 valence electrons. The second kappa shape index (κ2) is 6.34. The highest BCUT2D eigenvalue weighted by Gasteiger charge is 2.45. The predicted octanol–water partition coefficient (Wildman–Crippen LogP) is 1.56. The molecule has 2 amide bonds. The molecular weight excluding hydrogens is 268 g/mol. The number of nitrogens with zero attached hydrogens (tertiary/aromatic N) is 1. The Hall–Kier alpha value is -1.10. The molecule has 0 aromatic heterocycles. The summed E-state index contributed by atoms with van der Waals surface area (Å²) in [6.45, 7) is 9.95. The van der Waals surface area contributed by atoms with Crippen molar-refractivity contribution in [2.45, 2.75) is 58.5 Å². The molecule has 2 rings (SSSR count). The summed E-state index contributed by atoms with van der Waals surface area (Å²) < 4.78 is 5.39. The van der Waals surface area contributed by atoms with Crippen LogP contribution in [-0.4, -0.2) is 48.1 Å². The monoisotopic (exact) mass is 296 g/mol. The summed E-state index contributed by atoms with van der Waals surface area (Å²) in [7, 11) is 0. The summed E-state index contributed by atoms with van der Waals surface area (Å²) in [5, 5.41) is 2.87. The fourth-order valence-electron chi connectivity index (χ4n) is 3.18. The molecule has 1 N–H and O–H groups in total. The first kappa shape index (κ1) is 16.3. The molecule has 2 heterocycles. The quantitative estimate of drug-likeness (QED) is 0.856. The number of hydrogen-bond acceptors (Lipinski definition) is 3. The molecule has 5 nitrogen and oxygen atoms in total. The van der Waals surface area contributed by atoms with Crippen LogP contribution >= 0.6 is 0 Å². The van der Waals surface area contributed by atoms with Gasteiger partial charge in [-0.15, -0.1) is 0 Å². The summed E-state index contributed by atoms with van der Waals surface area (Å²) in [4.78, 5) is 27.0. The summed E-state index contributed by atoms with van der Waals surface area (Å²) in [6, 6.07) is -0.326. The summed E-state index contributed by atoms with van der Waals surface area (Å²) in [5.41, 5.74) is -0.796. The van der Waals surface area contributed by atoms with E-state index in [1.807, 2.05) is 4.90 Å². The lowest BCUT2D eigenvalue weighted by Crippen LogP contribution is -2.68. The van der Waals surface area contributed by atoms with Crippen molar-refractivity contribution in [1.29, 1.82) is 0 Å². The van der Waals surface area contributed by atoms with E-state index >= 15 is 0 Å². The highest BCUT2D eigenvalue weighted by atomic mass is 16.5. The molecule has 0 aromatic rings. The van der Waals surface area contributed by atoms with Crippen molar-refractivity contribution in [3.8, 4) is 0 Å². The number of hydrogen-bond donors (Lipinski definition) is 1. The van der Waals surface area contributed by atoms with Gasteiger partial charge in [-0.25, -0.2) is 0 Å². The molecule has 0 aromatic carbocycles. The maximum absolute atomic E-state index is 12.7. The smallest absolute Gasteiger partial charge is 0.248 e. The normalized spacial score (nSPS) is 27.1. The lowest BCUT2D eigenvalue weighted by molar-refractivity contribution is -0.155. The maximum Gasteiger partial charge on any atom is 0.248 e. The zero-order valence-corrected chi connectivity index (χ0v) is 13.6. The molecule has 2 saturated heterocycles. The van der Waals surface area contributed by atoms with Crippen LogP contribution in [0.25, 0.3) is 0 Å². The molecule has 0 saturated carbocycles. The van der Waals surface area contributed by atoms with E-state index in [9.17, 15) is 9.59 Å². The third-order valence-corrected chi connectivity index (χ3v) is 4.40. The average molecular weight is 296 g/mol. The number of amides is 2. The Kier molecular flexibility index (Phi) is 4.91. The Morgan fingerprint density at radius 2 is 1.90 bits per heavy atom. The van der Waals surface area contributed by atoms with Crippen molar-refractivity contribution in [2.24, 2.45) is 11.8 Å². The molecule has 2 aliphatic heterocycles. The summed E-state index contributed by atoms with van der Waals surface area (Å²) >= 11 is 0. The fourth-order valence-corrected chi connectivity index (χ4v) is 3.18. The Morgan fingerprint density at radius 3 is 2.48 bits per heavy atom. The van der Waals surface area contributed by atoms with E-state index in [0.717, 1.165) is 32.5 Å². The van der Waals surface area contributed by atoms with Crippen LogP contribution in [0.4, 0.5) is 0 Å². The minimum absolute atomic E-state index is 0.0136. The van der Waals surface area contributed by atoms with E-state index in [0.29, 0.717) is 18.4 Å². The SMILES string of the molecule is CC(C)CC1C(=O)NC(C)(C)C(=O)N1CC1CCOCC1. The van der Waals surface area contributed by atoms with E-state index in [-0.39, 0.29) is 17.9 Å². The molecule has 21 heavy (non-hydrogen) atoms. The van der Waals surface area contributed by atoms with Crippen LogP contribution in [0.15, 0.2) is 0 Å². The van der Waals surface area contributed by atoms with Crippen LogP contribution in [0.3, 0.4) is 0 Å². The third kappa shape index (κ3) is 3.76. The predicted molar refractivity (Wildman–Crippen MR) is 80.7 cm³/mol.